The highest BCUT2D eigenvalue weighted by Gasteiger charge is 2.43. The summed E-state index contributed by atoms with van der Waals surface area (Å²) in [6.07, 6.45) is 3.48. The van der Waals surface area contributed by atoms with Gasteiger partial charge in [0.05, 0.1) is 32.8 Å². The molecule has 2 aromatic rings. The first-order valence-corrected chi connectivity index (χ1v) is 9.44. The summed E-state index contributed by atoms with van der Waals surface area (Å²) in [4.78, 5) is 25.2. The van der Waals surface area contributed by atoms with Gasteiger partial charge in [0.2, 0.25) is 0 Å². The highest BCUT2D eigenvalue weighted by molar-refractivity contribution is 5.78. The minimum atomic E-state index is -0.812. The first kappa shape index (κ1) is 18.8. The monoisotopic (exact) mass is 384 g/mol. The summed E-state index contributed by atoms with van der Waals surface area (Å²) in [6.45, 7) is 3.85. The summed E-state index contributed by atoms with van der Waals surface area (Å²) in [5, 5.41) is 0. The first-order chi connectivity index (χ1) is 13.7. The Morgan fingerprint density at radius 1 is 1.04 bits per heavy atom. The zero-order chi connectivity index (χ0) is 19.2. The molecule has 1 aromatic heterocycles. The van der Waals surface area contributed by atoms with Crippen molar-refractivity contribution >= 4 is 5.91 Å². The lowest BCUT2D eigenvalue weighted by Crippen LogP contribution is -2.63. The molecule has 8 nitrogen and oxygen atoms in total. The van der Waals surface area contributed by atoms with Crippen LogP contribution in [0.15, 0.2) is 48.8 Å². The fourth-order valence-corrected chi connectivity index (χ4v) is 3.48. The second-order valence-electron chi connectivity index (χ2n) is 6.90. The molecule has 28 heavy (non-hydrogen) atoms. The van der Waals surface area contributed by atoms with Crippen molar-refractivity contribution < 1.29 is 19.0 Å². The van der Waals surface area contributed by atoms with Crippen molar-refractivity contribution in [3.8, 4) is 5.75 Å². The molecule has 8 heteroatoms. The molecule has 1 unspecified atom stereocenters. The van der Waals surface area contributed by atoms with Crippen LogP contribution < -0.4 is 4.74 Å². The Hall–Kier alpha value is -2.55. The van der Waals surface area contributed by atoms with Gasteiger partial charge in [-0.05, 0) is 18.2 Å². The molecule has 148 valence electrons. The van der Waals surface area contributed by atoms with E-state index in [0.717, 1.165) is 12.4 Å². The van der Waals surface area contributed by atoms with Gasteiger partial charge in [-0.15, -0.1) is 0 Å². The fraction of sp³-hybridized carbons (Fsp3) is 0.450. The van der Waals surface area contributed by atoms with E-state index in [2.05, 4.69) is 14.9 Å². The van der Waals surface area contributed by atoms with Crippen LogP contribution in [-0.2, 0) is 20.8 Å². The number of rotatable bonds is 5. The van der Waals surface area contributed by atoms with E-state index in [4.69, 9.17) is 14.2 Å². The number of carbonyl (C=O) groups excluding carboxylic acids is 1. The van der Waals surface area contributed by atoms with Crippen LogP contribution >= 0.6 is 0 Å². The Bertz CT molecular complexity index is 772. The molecule has 2 aliphatic heterocycles. The van der Waals surface area contributed by atoms with E-state index in [0.29, 0.717) is 45.1 Å². The van der Waals surface area contributed by atoms with Crippen molar-refractivity contribution in [3.63, 3.8) is 0 Å². The van der Waals surface area contributed by atoms with Crippen molar-refractivity contribution in [1.29, 1.82) is 0 Å². The smallest absolute Gasteiger partial charge is 0.260 e. The topological polar surface area (TPSA) is 77.0 Å². The molecule has 1 spiro atoms. The summed E-state index contributed by atoms with van der Waals surface area (Å²) in [7, 11) is 0. The molecule has 1 atom stereocenters. The number of hydrogen-bond acceptors (Lipinski definition) is 7. The minimum absolute atomic E-state index is 0.00165. The number of ether oxygens (including phenoxy) is 3. The summed E-state index contributed by atoms with van der Waals surface area (Å²) in [6, 6.07) is 11.1. The van der Waals surface area contributed by atoms with E-state index < -0.39 is 5.79 Å². The number of nitrogens with zero attached hydrogens (tertiary/aromatic N) is 4. The summed E-state index contributed by atoms with van der Waals surface area (Å²) < 4.78 is 17.6. The normalized spacial score (nSPS) is 22.9. The molecule has 1 aromatic carbocycles. The van der Waals surface area contributed by atoms with Gasteiger partial charge >= 0.3 is 0 Å². The van der Waals surface area contributed by atoms with Crippen LogP contribution in [0.3, 0.4) is 0 Å². The van der Waals surface area contributed by atoms with E-state index in [1.807, 2.05) is 30.3 Å². The van der Waals surface area contributed by atoms with Gasteiger partial charge in [-0.2, -0.15) is 0 Å². The van der Waals surface area contributed by atoms with Gasteiger partial charge < -0.3 is 19.1 Å². The molecule has 2 aliphatic rings. The third-order valence-electron chi connectivity index (χ3n) is 4.84. The molecule has 0 bridgehead atoms. The summed E-state index contributed by atoms with van der Waals surface area (Å²) in [5.74, 6) is 0.563. The van der Waals surface area contributed by atoms with E-state index in [-0.39, 0.29) is 12.5 Å². The van der Waals surface area contributed by atoms with Crippen LogP contribution in [0.2, 0.25) is 0 Å². The quantitative estimate of drug-likeness (QED) is 0.759. The van der Waals surface area contributed by atoms with Crippen LogP contribution in [0.25, 0.3) is 0 Å². The van der Waals surface area contributed by atoms with Gasteiger partial charge in [0.15, 0.2) is 12.4 Å². The second kappa shape index (κ2) is 8.64. The SMILES string of the molecule is O=C(COc1ccccc1)N1CCOC2(CN(Cc3ncccn3)CCO2)C1. The van der Waals surface area contributed by atoms with Gasteiger partial charge in [-0.3, -0.25) is 9.69 Å². The highest BCUT2D eigenvalue weighted by atomic mass is 16.7. The zero-order valence-electron chi connectivity index (χ0n) is 15.7. The van der Waals surface area contributed by atoms with Crippen LogP contribution in [0.4, 0.5) is 0 Å². The molecular weight excluding hydrogens is 360 g/mol. The Morgan fingerprint density at radius 3 is 2.57 bits per heavy atom. The molecular formula is C20H24N4O4. The predicted octanol–water partition coefficient (Wildman–Crippen LogP) is 0.943. The molecule has 0 aliphatic carbocycles. The van der Waals surface area contributed by atoms with Gasteiger partial charge in [0.25, 0.3) is 5.91 Å². The molecule has 2 saturated heterocycles. The number of hydrogen-bond donors (Lipinski definition) is 0. The minimum Gasteiger partial charge on any atom is -0.484 e. The Balaban J connectivity index is 1.34. The van der Waals surface area contributed by atoms with Crippen LogP contribution in [0.5, 0.6) is 5.75 Å². The summed E-state index contributed by atoms with van der Waals surface area (Å²) >= 11 is 0. The number of para-hydroxylation sites is 1. The number of amides is 1. The van der Waals surface area contributed by atoms with E-state index in [9.17, 15) is 4.79 Å². The Labute approximate surface area is 164 Å². The van der Waals surface area contributed by atoms with Gasteiger partial charge in [-0.25, -0.2) is 9.97 Å². The van der Waals surface area contributed by atoms with Crippen molar-refractivity contribution in [3.05, 3.63) is 54.6 Å². The number of morpholine rings is 2. The highest BCUT2D eigenvalue weighted by Crippen LogP contribution is 2.25. The van der Waals surface area contributed by atoms with Crippen molar-refractivity contribution in [2.75, 3.05) is 46.0 Å². The molecule has 0 radical (unpaired) electrons. The van der Waals surface area contributed by atoms with E-state index >= 15 is 0 Å². The van der Waals surface area contributed by atoms with Gasteiger partial charge in [-0.1, -0.05) is 18.2 Å². The average molecular weight is 384 g/mol. The van der Waals surface area contributed by atoms with Crippen molar-refractivity contribution in [1.82, 2.24) is 19.8 Å². The Morgan fingerprint density at radius 2 is 1.79 bits per heavy atom. The molecule has 4 rings (SSSR count). The fourth-order valence-electron chi connectivity index (χ4n) is 3.48. The van der Waals surface area contributed by atoms with E-state index in [1.165, 1.54) is 0 Å². The lowest BCUT2D eigenvalue weighted by molar-refractivity contribution is -0.290. The van der Waals surface area contributed by atoms with Crippen molar-refractivity contribution in [2.45, 2.75) is 12.3 Å². The Kier molecular flexibility index (Phi) is 5.80. The second-order valence-corrected chi connectivity index (χ2v) is 6.90. The van der Waals surface area contributed by atoms with Crippen molar-refractivity contribution in [2.24, 2.45) is 0 Å². The van der Waals surface area contributed by atoms with Crippen LogP contribution in [0, 0.1) is 0 Å². The van der Waals surface area contributed by atoms with E-state index in [1.54, 1.807) is 23.4 Å². The third-order valence-corrected chi connectivity index (χ3v) is 4.84. The maximum atomic E-state index is 12.6. The summed E-state index contributed by atoms with van der Waals surface area (Å²) in [5.41, 5.74) is 0. The third kappa shape index (κ3) is 4.64. The lowest BCUT2D eigenvalue weighted by Gasteiger charge is -2.47. The number of aromatic nitrogens is 2. The molecule has 0 saturated carbocycles. The molecule has 3 heterocycles. The molecule has 0 N–H and O–H groups in total. The van der Waals surface area contributed by atoms with Gasteiger partial charge in [0, 0.05) is 25.5 Å². The standard InChI is InChI=1S/C20H24N4O4/c25-19(14-26-17-5-2-1-3-6-17)24-10-12-28-20(16-24)15-23(9-11-27-20)13-18-21-7-4-8-22-18/h1-8H,9-16H2. The van der Waals surface area contributed by atoms with Gasteiger partial charge in [0.1, 0.15) is 11.6 Å². The van der Waals surface area contributed by atoms with Crippen LogP contribution in [-0.4, -0.2) is 77.5 Å². The maximum absolute atomic E-state index is 12.6. The predicted molar refractivity (Wildman–Crippen MR) is 100 cm³/mol. The van der Waals surface area contributed by atoms with Crippen LogP contribution in [0.1, 0.15) is 5.82 Å². The lowest BCUT2D eigenvalue weighted by atomic mass is 10.1. The molecule has 1 amide bonds. The number of carbonyl (C=O) groups is 1. The zero-order valence-corrected chi connectivity index (χ0v) is 15.7. The number of benzene rings is 1. The largest absolute Gasteiger partial charge is 0.484 e. The maximum Gasteiger partial charge on any atom is 0.260 e. The molecule has 2 fully saturated rings. The average Bonchev–Trinajstić information content (AvgIpc) is 2.74. The first-order valence-electron chi connectivity index (χ1n) is 9.44.